The molecule has 7 heteroatoms. The van der Waals surface area contributed by atoms with Gasteiger partial charge >= 0.3 is 6.18 Å². The summed E-state index contributed by atoms with van der Waals surface area (Å²) in [5.41, 5.74) is 0.132. The maximum Gasteiger partial charge on any atom is 0.444 e. The zero-order valence-corrected chi connectivity index (χ0v) is 10.9. The Hall–Kier alpha value is -0.500. The number of alkyl halides is 3. The van der Waals surface area contributed by atoms with Crippen molar-refractivity contribution in [3.63, 3.8) is 0 Å². The second kappa shape index (κ2) is 5.22. The van der Waals surface area contributed by atoms with Crippen LogP contribution in [0, 0.1) is 3.57 Å². The highest BCUT2D eigenvalue weighted by molar-refractivity contribution is 14.1. The average Bonchev–Trinajstić information content (AvgIpc) is 2.16. The summed E-state index contributed by atoms with van der Waals surface area (Å²) in [6, 6.07) is 4.38. The highest BCUT2D eigenvalue weighted by Gasteiger charge is 2.34. The molecule has 0 aromatic heterocycles. The number of halogens is 5. The molecular formula is C9H6ClF3INO. The third-order valence-electron chi connectivity index (χ3n) is 1.60. The van der Waals surface area contributed by atoms with Gasteiger partial charge in [0.2, 0.25) is 5.17 Å². The molecule has 0 fully saturated rings. The van der Waals surface area contributed by atoms with E-state index in [0.717, 1.165) is 0 Å². The molecule has 0 aliphatic rings. The smallest absolute Gasteiger partial charge is 0.444 e. The van der Waals surface area contributed by atoms with Crippen LogP contribution < -0.4 is 4.74 Å². The van der Waals surface area contributed by atoms with E-state index in [9.17, 15) is 13.2 Å². The standard InChI is InChI=1S/C9H6ClF3INO/c1-16-7-3-2-5(4-6(7)14)15-8(10)9(11,12)13/h2-4H,1H3. The molecule has 0 aliphatic heterocycles. The number of methoxy groups -OCH3 is 1. The van der Waals surface area contributed by atoms with Gasteiger partial charge in [-0.05, 0) is 40.8 Å². The Balaban J connectivity index is 3.04. The molecule has 16 heavy (non-hydrogen) atoms. The fraction of sp³-hybridized carbons (Fsp3) is 0.222. The van der Waals surface area contributed by atoms with Crippen molar-refractivity contribution in [3.05, 3.63) is 21.8 Å². The van der Waals surface area contributed by atoms with Crippen LogP contribution in [0.1, 0.15) is 0 Å². The molecule has 1 aromatic rings. The number of hydrogen-bond acceptors (Lipinski definition) is 2. The zero-order chi connectivity index (χ0) is 12.3. The summed E-state index contributed by atoms with van der Waals surface area (Å²) in [6.07, 6.45) is -4.62. The molecule has 0 aliphatic carbocycles. The Morgan fingerprint density at radius 1 is 1.44 bits per heavy atom. The first-order valence-corrected chi connectivity index (χ1v) is 5.45. The van der Waals surface area contributed by atoms with E-state index in [1.54, 1.807) is 0 Å². The molecule has 1 aromatic carbocycles. The Morgan fingerprint density at radius 3 is 2.50 bits per heavy atom. The number of benzene rings is 1. The minimum atomic E-state index is -4.62. The van der Waals surface area contributed by atoms with Crippen LogP contribution in [0.4, 0.5) is 18.9 Å². The van der Waals surface area contributed by atoms with E-state index < -0.39 is 11.3 Å². The van der Waals surface area contributed by atoms with Gasteiger partial charge in [-0.15, -0.1) is 0 Å². The number of rotatable bonds is 2. The van der Waals surface area contributed by atoms with Crippen molar-refractivity contribution in [2.24, 2.45) is 4.99 Å². The van der Waals surface area contributed by atoms with Crippen molar-refractivity contribution in [1.82, 2.24) is 0 Å². The molecule has 0 unspecified atom stereocenters. The summed E-state index contributed by atoms with van der Waals surface area (Å²) in [6.45, 7) is 0. The molecule has 0 N–H and O–H groups in total. The fourth-order valence-electron chi connectivity index (χ4n) is 0.902. The molecule has 0 bridgehead atoms. The lowest BCUT2D eigenvalue weighted by atomic mass is 10.3. The van der Waals surface area contributed by atoms with Crippen LogP contribution in [0.3, 0.4) is 0 Å². The van der Waals surface area contributed by atoms with Crippen molar-refractivity contribution >= 4 is 45.1 Å². The summed E-state index contributed by atoms with van der Waals surface area (Å²) in [7, 11) is 1.48. The third-order valence-corrected chi connectivity index (χ3v) is 2.74. The summed E-state index contributed by atoms with van der Waals surface area (Å²) < 4.78 is 41.9. The van der Waals surface area contributed by atoms with Crippen molar-refractivity contribution < 1.29 is 17.9 Å². The topological polar surface area (TPSA) is 21.6 Å². The first-order valence-electron chi connectivity index (χ1n) is 3.99. The van der Waals surface area contributed by atoms with E-state index in [4.69, 9.17) is 16.3 Å². The quantitative estimate of drug-likeness (QED) is 0.572. The summed E-state index contributed by atoms with van der Waals surface area (Å²) in [4.78, 5) is 3.26. The molecule has 0 amide bonds. The predicted octanol–water partition coefficient (Wildman–Crippen LogP) is 4.13. The highest BCUT2D eigenvalue weighted by Crippen LogP contribution is 2.28. The van der Waals surface area contributed by atoms with Gasteiger partial charge < -0.3 is 4.74 Å². The first kappa shape index (κ1) is 13.6. The molecule has 88 valence electrons. The molecule has 0 radical (unpaired) electrons. The predicted molar refractivity (Wildman–Crippen MR) is 64.7 cm³/mol. The van der Waals surface area contributed by atoms with E-state index in [2.05, 4.69) is 4.99 Å². The normalized spacial score (nSPS) is 12.8. The lowest BCUT2D eigenvalue weighted by Gasteiger charge is -2.05. The first-order chi connectivity index (χ1) is 7.34. The third kappa shape index (κ3) is 3.51. The largest absolute Gasteiger partial charge is 0.496 e. The van der Waals surface area contributed by atoms with Crippen LogP contribution in [-0.2, 0) is 0 Å². The maximum atomic E-state index is 12.1. The maximum absolute atomic E-state index is 12.1. The van der Waals surface area contributed by atoms with Crippen LogP contribution in [0.15, 0.2) is 23.2 Å². The number of ether oxygens (including phenoxy) is 1. The molecule has 0 atom stereocenters. The molecule has 0 spiro atoms. The molecular weight excluding hydrogens is 357 g/mol. The van der Waals surface area contributed by atoms with Gasteiger partial charge in [-0.2, -0.15) is 13.2 Å². The van der Waals surface area contributed by atoms with Crippen LogP contribution in [0.2, 0.25) is 0 Å². The molecule has 0 saturated heterocycles. The lowest BCUT2D eigenvalue weighted by molar-refractivity contribution is -0.0558. The van der Waals surface area contributed by atoms with E-state index in [1.807, 2.05) is 22.6 Å². The van der Waals surface area contributed by atoms with Gasteiger partial charge in [-0.1, -0.05) is 11.6 Å². The van der Waals surface area contributed by atoms with Crippen molar-refractivity contribution in [2.75, 3.05) is 7.11 Å². The monoisotopic (exact) mass is 363 g/mol. The van der Waals surface area contributed by atoms with E-state index in [0.29, 0.717) is 9.32 Å². The Morgan fingerprint density at radius 2 is 2.06 bits per heavy atom. The van der Waals surface area contributed by atoms with Crippen LogP contribution in [0.5, 0.6) is 5.75 Å². The summed E-state index contributed by atoms with van der Waals surface area (Å²) in [5.74, 6) is 0.572. The Kier molecular flexibility index (Phi) is 4.43. The van der Waals surface area contributed by atoms with Gasteiger partial charge in [0.15, 0.2) is 0 Å². The van der Waals surface area contributed by atoms with Crippen LogP contribution in [0.25, 0.3) is 0 Å². The lowest BCUT2D eigenvalue weighted by Crippen LogP contribution is -2.16. The number of nitrogens with zero attached hydrogens (tertiary/aromatic N) is 1. The highest BCUT2D eigenvalue weighted by atomic mass is 127. The van der Waals surface area contributed by atoms with Crippen molar-refractivity contribution in [3.8, 4) is 5.75 Å². The molecule has 0 saturated carbocycles. The van der Waals surface area contributed by atoms with Gasteiger partial charge in [0.25, 0.3) is 0 Å². The SMILES string of the molecule is COc1ccc(N=C(Cl)C(F)(F)F)cc1I. The van der Waals surface area contributed by atoms with Crippen molar-refractivity contribution in [2.45, 2.75) is 6.18 Å². The zero-order valence-electron chi connectivity index (χ0n) is 7.98. The second-order valence-corrected chi connectivity index (χ2v) is 4.24. The minimum absolute atomic E-state index is 0.132. The van der Waals surface area contributed by atoms with E-state index in [1.165, 1.54) is 25.3 Å². The van der Waals surface area contributed by atoms with Crippen LogP contribution >= 0.6 is 34.2 Å². The number of aliphatic imine (C=N–C) groups is 1. The van der Waals surface area contributed by atoms with Gasteiger partial charge in [0, 0.05) is 0 Å². The van der Waals surface area contributed by atoms with Crippen molar-refractivity contribution in [1.29, 1.82) is 0 Å². The minimum Gasteiger partial charge on any atom is -0.496 e. The van der Waals surface area contributed by atoms with E-state index >= 15 is 0 Å². The van der Waals surface area contributed by atoms with Gasteiger partial charge in [-0.25, -0.2) is 4.99 Å². The van der Waals surface area contributed by atoms with Gasteiger partial charge in [0.05, 0.1) is 16.4 Å². The van der Waals surface area contributed by atoms with Gasteiger partial charge in [-0.3, -0.25) is 0 Å². The fourth-order valence-corrected chi connectivity index (χ4v) is 1.72. The van der Waals surface area contributed by atoms with Gasteiger partial charge in [0.1, 0.15) is 5.75 Å². The summed E-state index contributed by atoms with van der Waals surface area (Å²) in [5, 5.41) is -1.39. The average molecular weight is 364 g/mol. The molecule has 1 rings (SSSR count). The molecule has 2 nitrogen and oxygen atoms in total. The Labute approximate surface area is 109 Å². The second-order valence-electron chi connectivity index (χ2n) is 2.72. The molecule has 0 heterocycles. The van der Waals surface area contributed by atoms with E-state index in [-0.39, 0.29) is 5.69 Å². The Bertz CT molecular complexity index is 420. The summed E-state index contributed by atoms with van der Waals surface area (Å²) >= 11 is 6.94. The van der Waals surface area contributed by atoms with Crippen LogP contribution in [-0.4, -0.2) is 18.5 Å². The number of hydrogen-bond donors (Lipinski definition) is 0.